The predicted octanol–water partition coefficient (Wildman–Crippen LogP) is 3.79. The molecule has 0 aromatic heterocycles. The number of nitrogens with two attached hydrogens (primary N) is 1. The zero-order chi connectivity index (χ0) is 14.3. The molecular weight excluding hydrogens is 258 g/mol. The Bertz CT molecular complexity index is 398. The fourth-order valence-corrected chi connectivity index (χ4v) is 3.03. The SMILES string of the molecule is CCCC[C@](N)(CC)CSc1ccc(OC)c(O)c1. The molecule has 0 saturated carbocycles. The zero-order valence-electron chi connectivity index (χ0n) is 12.1. The Morgan fingerprint density at radius 1 is 1.37 bits per heavy atom. The van der Waals surface area contributed by atoms with Gasteiger partial charge in [-0.15, -0.1) is 11.8 Å². The van der Waals surface area contributed by atoms with Crippen LogP contribution < -0.4 is 10.5 Å². The van der Waals surface area contributed by atoms with Gasteiger partial charge in [0, 0.05) is 16.2 Å². The molecule has 0 aliphatic heterocycles. The van der Waals surface area contributed by atoms with Crippen molar-refractivity contribution in [1.82, 2.24) is 0 Å². The first-order valence-electron chi connectivity index (χ1n) is 6.83. The Labute approximate surface area is 120 Å². The third kappa shape index (κ3) is 4.96. The van der Waals surface area contributed by atoms with E-state index in [0.29, 0.717) is 5.75 Å². The van der Waals surface area contributed by atoms with Crippen LogP contribution in [0.3, 0.4) is 0 Å². The van der Waals surface area contributed by atoms with Crippen LogP contribution in [-0.2, 0) is 0 Å². The second-order valence-corrected chi connectivity index (χ2v) is 5.99. The summed E-state index contributed by atoms with van der Waals surface area (Å²) in [5.74, 6) is 1.56. The van der Waals surface area contributed by atoms with Crippen LogP contribution in [0.15, 0.2) is 23.1 Å². The fraction of sp³-hybridized carbons (Fsp3) is 0.600. The van der Waals surface area contributed by atoms with Gasteiger partial charge in [-0.25, -0.2) is 0 Å². The molecule has 0 bridgehead atoms. The second-order valence-electron chi connectivity index (χ2n) is 4.94. The van der Waals surface area contributed by atoms with Crippen molar-refractivity contribution in [3.05, 3.63) is 18.2 Å². The summed E-state index contributed by atoms with van der Waals surface area (Å²) in [7, 11) is 1.55. The van der Waals surface area contributed by atoms with E-state index in [9.17, 15) is 5.11 Å². The minimum Gasteiger partial charge on any atom is -0.504 e. The lowest BCUT2D eigenvalue weighted by molar-refractivity contribution is 0.372. The molecule has 0 saturated heterocycles. The minimum absolute atomic E-state index is 0.115. The number of aromatic hydroxyl groups is 1. The standard InChI is InChI=1S/C15H25NO2S/c1-4-6-9-15(16,5-2)11-19-12-7-8-14(18-3)13(17)10-12/h7-8,10,17H,4-6,9,11,16H2,1-3H3/t15-/m1/s1. The average Bonchev–Trinajstić information content (AvgIpc) is 2.43. The van der Waals surface area contributed by atoms with E-state index in [1.54, 1.807) is 31.0 Å². The monoisotopic (exact) mass is 283 g/mol. The first kappa shape index (κ1) is 16.2. The second kappa shape index (κ2) is 7.65. The lowest BCUT2D eigenvalue weighted by Crippen LogP contribution is -2.41. The summed E-state index contributed by atoms with van der Waals surface area (Å²) in [6, 6.07) is 5.48. The van der Waals surface area contributed by atoms with Gasteiger partial charge in [0.1, 0.15) is 0 Å². The molecule has 0 radical (unpaired) electrons. The van der Waals surface area contributed by atoms with Gasteiger partial charge in [0.25, 0.3) is 0 Å². The lowest BCUT2D eigenvalue weighted by atomic mass is 9.93. The van der Waals surface area contributed by atoms with Crippen LogP contribution in [0.5, 0.6) is 11.5 Å². The van der Waals surface area contributed by atoms with Crippen LogP contribution in [-0.4, -0.2) is 23.5 Å². The molecule has 4 heteroatoms. The molecule has 3 N–H and O–H groups in total. The van der Waals surface area contributed by atoms with Crippen LogP contribution in [0.1, 0.15) is 39.5 Å². The van der Waals surface area contributed by atoms with Crippen molar-refractivity contribution in [2.24, 2.45) is 5.73 Å². The molecular formula is C15H25NO2S. The maximum atomic E-state index is 9.75. The molecule has 0 aliphatic rings. The molecule has 19 heavy (non-hydrogen) atoms. The summed E-state index contributed by atoms with van der Waals surface area (Å²) in [5.41, 5.74) is 6.30. The van der Waals surface area contributed by atoms with E-state index in [2.05, 4.69) is 13.8 Å². The molecule has 0 fully saturated rings. The van der Waals surface area contributed by atoms with Crippen LogP contribution in [0.2, 0.25) is 0 Å². The van der Waals surface area contributed by atoms with Gasteiger partial charge in [-0.3, -0.25) is 0 Å². The van der Waals surface area contributed by atoms with Gasteiger partial charge in [0.05, 0.1) is 7.11 Å². The van der Waals surface area contributed by atoms with Gasteiger partial charge in [0.2, 0.25) is 0 Å². The maximum Gasteiger partial charge on any atom is 0.160 e. The zero-order valence-corrected chi connectivity index (χ0v) is 12.9. The van der Waals surface area contributed by atoms with E-state index in [-0.39, 0.29) is 11.3 Å². The molecule has 0 unspecified atom stereocenters. The van der Waals surface area contributed by atoms with Crippen molar-refractivity contribution in [2.45, 2.75) is 50.0 Å². The molecule has 0 aliphatic carbocycles. The van der Waals surface area contributed by atoms with Gasteiger partial charge in [-0.1, -0.05) is 26.7 Å². The number of hydrogen-bond acceptors (Lipinski definition) is 4. The maximum absolute atomic E-state index is 9.75. The highest BCUT2D eigenvalue weighted by atomic mass is 32.2. The molecule has 1 aromatic carbocycles. The van der Waals surface area contributed by atoms with Gasteiger partial charge >= 0.3 is 0 Å². The summed E-state index contributed by atoms with van der Waals surface area (Å²) < 4.78 is 5.04. The van der Waals surface area contributed by atoms with Gasteiger partial charge in [-0.2, -0.15) is 0 Å². The highest BCUT2D eigenvalue weighted by Gasteiger charge is 2.22. The molecule has 0 spiro atoms. The Hall–Kier alpha value is -0.870. The third-order valence-electron chi connectivity index (χ3n) is 3.41. The number of thioether (sulfide) groups is 1. The van der Waals surface area contributed by atoms with Crippen LogP contribution in [0.25, 0.3) is 0 Å². The average molecular weight is 283 g/mol. The normalized spacial score (nSPS) is 14.1. The van der Waals surface area contributed by atoms with E-state index in [1.165, 1.54) is 12.8 Å². The van der Waals surface area contributed by atoms with E-state index >= 15 is 0 Å². The number of phenols is 1. The van der Waals surface area contributed by atoms with Crippen LogP contribution in [0, 0.1) is 0 Å². The molecule has 1 rings (SSSR count). The molecule has 3 nitrogen and oxygen atoms in total. The first-order chi connectivity index (χ1) is 9.04. The molecule has 0 heterocycles. The largest absolute Gasteiger partial charge is 0.504 e. The van der Waals surface area contributed by atoms with E-state index in [1.807, 2.05) is 6.07 Å². The number of hydrogen-bond donors (Lipinski definition) is 2. The smallest absolute Gasteiger partial charge is 0.160 e. The predicted molar refractivity (Wildman–Crippen MR) is 82.1 cm³/mol. The quantitative estimate of drug-likeness (QED) is 0.713. The Balaban J connectivity index is 2.61. The fourth-order valence-electron chi connectivity index (χ4n) is 1.87. The van der Waals surface area contributed by atoms with Gasteiger partial charge in [-0.05, 0) is 31.0 Å². The Morgan fingerprint density at radius 3 is 2.63 bits per heavy atom. The van der Waals surface area contributed by atoms with Gasteiger partial charge in [0.15, 0.2) is 11.5 Å². The first-order valence-corrected chi connectivity index (χ1v) is 7.82. The molecule has 1 aromatic rings. The summed E-state index contributed by atoms with van der Waals surface area (Å²) in [4.78, 5) is 1.03. The third-order valence-corrected chi connectivity index (χ3v) is 4.72. The molecule has 108 valence electrons. The number of phenolic OH excluding ortho intramolecular Hbond substituents is 1. The minimum atomic E-state index is -0.115. The lowest BCUT2D eigenvalue weighted by Gasteiger charge is -2.27. The van der Waals surface area contributed by atoms with Crippen molar-refractivity contribution >= 4 is 11.8 Å². The van der Waals surface area contributed by atoms with Gasteiger partial charge < -0.3 is 15.6 Å². The van der Waals surface area contributed by atoms with Crippen LogP contribution in [0.4, 0.5) is 0 Å². The summed E-state index contributed by atoms with van der Waals surface area (Å²) >= 11 is 1.70. The van der Waals surface area contributed by atoms with E-state index in [0.717, 1.165) is 23.5 Å². The van der Waals surface area contributed by atoms with E-state index in [4.69, 9.17) is 10.5 Å². The number of benzene rings is 1. The summed E-state index contributed by atoms with van der Waals surface area (Å²) in [5, 5.41) is 9.75. The van der Waals surface area contributed by atoms with Crippen molar-refractivity contribution < 1.29 is 9.84 Å². The molecule has 1 atom stereocenters. The van der Waals surface area contributed by atoms with Crippen LogP contribution >= 0.6 is 11.8 Å². The highest BCUT2D eigenvalue weighted by Crippen LogP contribution is 2.33. The number of methoxy groups -OCH3 is 1. The van der Waals surface area contributed by atoms with Crippen molar-refractivity contribution in [3.8, 4) is 11.5 Å². The summed E-state index contributed by atoms with van der Waals surface area (Å²) in [6.45, 7) is 4.33. The topological polar surface area (TPSA) is 55.5 Å². The Morgan fingerprint density at radius 2 is 2.11 bits per heavy atom. The van der Waals surface area contributed by atoms with Crippen molar-refractivity contribution in [1.29, 1.82) is 0 Å². The summed E-state index contributed by atoms with van der Waals surface area (Å²) in [6.07, 6.45) is 4.36. The van der Waals surface area contributed by atoms with Crippen molar-refractivity contribution in [3.63, 3.8) is 0 Å². The van der Waals surface area contributed by atoms with Crippen molar-refractivity contribution in [2.75, 3.05) is 12.9 Å². The Kier molecular flexibility index (Phi) is 6.52. The number of unbranched alkanes of at least 4 members (excludes halogenated alkanes) is 1. The highest BCUT2D eigenvalue weighted by molar-refractivity contribution is 7.99. The molecule has 0 amide bonds. The number of ether oxygens (including phenoxy) is 1. The van der Waals surface area contributed by atoms with E-state index < -0.39 is 0 Å². The number of rotatable bonds is 8.